The van der Waals surface area contributed by atoms with Crippen LogP contribution in [0.5, 0.6) is 0 Å². The van der Waals surface area contributed by atoms with Crippen molar-refractivity contribution in [2.45, 2.75) is 51.7 Å². The van der Waals surface area contributed by atoms with Crippen molar-refractivity contribution in [3.63, 3.8) is 0 Å². The molecular weight excluding hydrogens is 136 g/mol. The molecule has 11 heavy (non-hydrogen) atoms. The predicted molar refractivity (Wildman–Crippen MR) is 45.5 cm³/mol. The molecule has 0 aromatic heterocycles. The Kier molecular flexibility index (Phi) is 1.54. The van der Waals surface area contributed by atoms with Crippen LogP contribution in [0.3, 0.4) is 0 Å². The molecule has 1 saturated carbocycles. The highest BCUT2D eigenvalue weighted by Crippen LogP contribution is 2.47. The summed E-state index contributed by atoms with van der Waals surface area (Å²) < 4.78 is 5.98. The van der Waals surface area contributed by atoms with E-state index < -0.39 is 0 Å². The van der Waals surface area contributed by atoms with Crippen LogP contribution < -0.4 is 0 Å². The Bertz CT molecular complexity index is 166. The number of hydrogen-bond acceptors (Lipinski definition) is 1. The summed E-state index contributed by atoms with van der Waals surface area (Å²) in [6.07, 6.45) is 4.58. The second-order valence-corrected chi connectivity index (χ2v) is 4.57. The van der Waals surface area contributed by atoms with E-state index in [2.05, 4.69) is 20.8 Å². The van der Waals surface area contributed by atoms with Crippen molar-refractivity contribution in [3.8, 4) is 0 Å². The summed E-state index contributed by atoms with van der Waals surface area (Å²) in [7, 11) is 0. The smallest absolute Gasteiger partial charge is 0.0683 e. The van der Waals surface area contributed by atoms with Crippen molar-refractivity contribution in [2.75, 3.05) is 0 Å². The van der Waals surface area contributed by atoms with E-state index in [0.29, 0.717) is 6.10 Å². The zero-order valence-electron chi connectivity index (χ0n) is 7.76. The van der Waals surface area contributed by atoms with Gasteiger partial charge in [-0.1, -0.05) is 6.92 Å². The van der Waals surface area contributed by atoms with Crippen LogP contribution in [0.15, 0.2) is 0 Å². The van der Waals surface area contributed by atoms with Crippen LogP contribution in [-0.2, 0) is 4.74 Å². The molecule has 1 nitrogen and oxygen atoms in total. The molecule has 0 aromatic rings. The summed E-state index contributed by atoms with van der Waals surface area (Å²) >= 11 is 0. The van der Waals surface area contributed by atoms with E-state index in [-0.39, 0.29) is 5.60 Å². The van der Waals surface area contributed by atoms with E-state index in [1.54, 1.807) is 0 Å². The Labute approximate surface area is 69.1 Å². The lowest BCUT2D eigenvalue weighted by Gasteiger charge is -2.52. The van der Waals surface area contributed by atoms with E-state index in [9.17, 15) is 0 Å². The van der Waals surface area contributed by atoms with Crippen LogP contribution in [0.2, 0.25) is 0 Å². The topological polar surface area (TPSA) is 9.23 Å². The Hall–Kier alpha value is -0.0400. The van der Waals surface area contributed by atoms with Crippen LogP contribution in [0, 0.1) is 11.8 Å². The molecule has 3 fully saturated rings. The molecule has 1 heteroatoms. The molecule has 4 atom stereocenters. The van der Waals surface area contributed by atoms with Crippen molar-refractivity contribution >= 4 is 0 Å². The molecule has 0 spiro atoms. The van der Waals surface area contributed by atoms with Gasteiger partial charge in [-0.3, -0.25) is 0 Å². The zero-order valence-corrected chi connectivity index (χ0v) is 7.76. The Balaban J connectivity index is 2.19. The summed E-state index contributed by atoms with van der Waals surface area (Å²) in [6, 6.07) is 0. The van der Waals surface area contributed by atoms with E-state index in [1.165, 1.54) is 19.3 Å². The normalized spacial score (nSPS) is 56.5. The van der Waals surface area contributed by atoms with Crippen LogP contribution >= 0.6 is 0 Å². The summed E-state index contributed by atoms with van der Waals surface area (Å²) in [5.74, 6) is 1.63. The fraction of sp³-hybridized carbons (Fsp3) is 1.00. The lowest BCUT2D eigenvalue weighted by molar-refractivity contribution is -0.205. The maximum absolute atomic E-state index is 5.98. The molecule has 1 aliphatic carbocycles. The largest absolute Gasteiger partial charge is 0.372 e. The summed E-state index contributed by atoms with van der Waals surface area (Å²) in [4.78, 5) is 0. The molecule has 0 amide bonds. The molecule has 2 aliphatic heterocycles. The van der Waals surface area contributed by atoms with Gasteiger partial charge in [-0.2, -0.15) is 0 Å². The van der Waals surface area contributed by atoms with Gasteiger partial charge in [0.05, 0.1) is 11.7 Å². The van der Waals surface area contributed by atoms with Gasteiger partial charge in [0.1, 0.15) is 0 Å². The van der Waals surface area contributed by atoms with Gasteiger partial charge < -0.3 is 4.74 Å². The number of hydrogen-bond donors (Lipinski definition) is 0. The van der Waals surface area contributed by atoms with Crippen molar-refractivity contribution in [3.05, 3.63) is 0 Å². The maximum Gasteiger partial charge on any atom is 0.0683 e. The molecule has 3 rings (SSSR count). The molecule has 0 radical (unpaired) electrons. The minimum absolute atomic E-state index is 0.216. The molecule has 2 saturated heterocycles. The van der Waals surface area contributed by atoms with Crippen molar-refractivity contribution in [1.29, 1.82) is 0 Å². The molecule has 4 unspecified atom stereocenters. The monoisotopic (exact) mass is 154 g/mol. The zero-order chi connectivity index (χ0) is 8.06. The fourth-order valence-electron chi connectivity index (χ4n) is 2.66. The lowest BCUT2D eigenvalue weighted by atomic mass is 9.68. The van der Waals surface area contributed by atoms with Gasteiger partial charge in [-0.15, -0.1) is 0 Å². The first-order chi connectivity index (χ1) is 5.12. The molecule has 3 aliphatic rings. The average molecular weight is 154 g/mol. The van der Waals surface area contributed by atoms with E-state index in [4.69, 9.17) is 4.74 Å². The van der Waals surface area contributed by atoms with Gasteiger partial charge in [-0.25, -0.2) is 0 Å². The van der Waals surface area contributed by atoms with Gasteiger partial charge in [0.15, 0.2) is 0 Å². The van der Waals surface area contributed by atoms with Gasteiger partial charge in [0.2, 0.25) is 0 Å². The third-order valence-electron chi connectivity index (χ3n) is 3.83. The van der Waals surface area contributed by atoms with Crippen LogP contribution in [-0.4, -0.2) is 11.7 Å². The Morgan fingerprint density at radius 3 is 2.45 bits per heavy atom. The molecule has 2 heterocycles. The summed E-state index contributed by atoms with van der Waals surface area (Å²) in [5.41, 5.74) is 0.216. The summed E-state index contributed by atoms with van der Waals surface area (Å²) in [5, 5.41) is 0. The molecule has 2 bridgehead atoms. The standard InChI is InChI=1S/C10H18O/c1-7-6-9-4-5-10(7,3)11-8(9)2/h7-9H,4-6H2,1-3H3. The highest BCUT2D eigenvalue weighted by molar-refractivity contribution is 4.95. The van der Waals surface area contributed by atoms with E-state index in [1.807, 2.05) is 0 Å². The summed E-state index contributed by atoms with van der Waals surface area (Å²) in [6.45, 7) is 6.84. The quantitative estimate of drug-likeness (QED) is 0.521. The van der Waals surface area contributed by atoms with Gasteiger partial charge in [0.25, 0.3) is 0 Å². The first kappa shape index (κ1) is 7.60. The Morgan fingerprint density at radius 2 is 2.09 bits per heavy atom. The first-order valence-electron chi connectivity index (χ1n) is 4.79. The first-order valence-corrected chi connectivity index (χ1v) is 4.79. The van der Waals surface area contributed by atoms with Crippen molar-refractivity contribution in [1.82, 2.24) is 0 Å². The third-order valence-corrected chi connectivity index (χ3v) is 3.83. The minimum atomic E-state index is 0.216. The second kappa shape index (κ2) is 2.22. The molecule has 0 aromatic carbocycles. The molecular formula is C10H18O. The fourth-order valence-corrected chi connectivity index (χ4v) is 2.66. The SMILES string of the molecule is CC1OC2(C)CCC1CC2C. The predicted octanol–water partition coefficient (Wildman–Crippen LogP) is 2.60. The van der Waals surface area contributed by atoms with Gasteiger partial charge in [0, 0.05) is 0 Å². The second-order valence-electron chi connectivity index (χ2n) is 4.57. The number of fused-ring (bicyclic) bond motifs is 3. The lowest BCUT2D eigenvalue weighted by Crippen LogP contribution is -2.52. The van der Waals surface area contributed by atoms with Crippen LogP contribution in [0.1, 0.15) is 40.0 Å². The van der Waals surface area contributed by atoms with E-state index >= 15 is 0 Å². The van der Waals surface area contributed by atoms with Gasteiger partial charge >= 0.3 is 0 Å². The highest BCUT2D eigenvalue weighted by Gasteiger charge is 2.46. The number of rotatable bonds is 0. The van der Waals surface area contributed by atoms with Crippen molar-refractivity contribution in [2.24, 2.45) is 11.8 Å². The third kappa shape index (κ3) is 1.01. The molecule has 0 N–H and O–H groups in total. The van der Waals surface area contributed by atoms with Crippen LogP contribution in [0.25, 0.3) is 0 Å². The molecule has 64 valence electrons. The minimum Gasteiger partial charge on any atom is -0.372 e. The maximum atomic E-state index is 5.98. The highest BCUT2D eigenvalue weighted by atomic mass is 16.5. The number of ether oxygens (including phenoxy) is 1. The van der Waals surface area contributed by atoms with Gasteiger partial charge in [-0.05, 0) is 44.9 Å². The van der Waals surface area contributed by atoms with Crippen molar-refractivity contribution < 1.29 is 4.74 Å². The Morgan fingerprint density at radius 1 is 1.36 bits per heavy atom. The average Bonchev–Trinajstić information content (AvgIpc) is 1.92. The van der Waals surface area contributed by atoms with E-state index in [0.717, 1.165) is 11.8 Å². The van der Waals surface area contributed by atoms with Crippen LogP contribution in [0.4, 0.5) is 0 Å².